The third-order valence-corrected chi connectivity index (χ3v) is 4.53. The van der Waals surface area contributed by atoms with Gasteiger partial charge in [-0.05, 0) is 34.0 Å². The van der Waals surface area contributed by atoms with Crippen molar-refractivity contribution >= 4 is 44.1 Å². The van der Waals surface area contributed by atoms with E-state index in [0.29, 0.717) is 11.4 Å². The van der Waals surface area contributed by atoms with Crippen LogP contribution in [0.2, 0.25) is 0 Å². The van der Waals surface area contributed by atoms with Crippen molar-refractivity contribution in [2.24, 2.45) is 0 Å². The molecule has 0 aliphatic rings. The van der Waals surface area contributed by atoms with Crippen LogP contribution in [0.5, 0.6) is 0 Å². The summed E-state index contributed by atoms with van der Waals surface area (Å²) in [4.78, 5) is 19.7. The summed E-state index contributed by atoms with van der Waals surface area (Å²) in [7, 11) is 0. The van der Waals surface area contributed by atoms with Crippen molar-refractivity contribution in [1.82, 2.24) is 15.3 Å². The molecule has 2 heterocycles. The van der Waals surface area contributed by atoms with Crippen LogP contribution in [0, 0.1) is 0 Å². The van der Waals surface area contributed by atoms with Gasteiger partial charge in [0.15, 0.2) is 3.92 Å². The smallest absolute Gasteiger partial charge is 0.263 e. The molecule has 2 aromatic heterocycles. The topological polar surface area (TPSA) is 57.8 Å². The molecule has 2 N–H and O–H groups in total. The van der Waals surface area contributed by atoms with Crippen LogP contribution in [0.25, 0.3) is 10.9 Å². The van der Waals surface area contributed by atoms with Gasteiger partial charge in [0.25, 0.3) is 5.91 Å². The molecule has 1 amide bonds. The van der Waals surface area contributed by atoms with E-state index < -0.39 is 0 Å². The Labute approximate surface area is 128 Å². The molecular weight excluding hydrogens is 338 g/mol. The van der Waals surface area contributed by atoms with E-state index in [9.17, 15) is 4.79 Å². The second kappa shape index (κ2) is 5.76. The Balaban J connectivity index is 1.61. The van der Waals surface area contributed by atoms with Gasteiger partial charge < -0.3 is 10.3 Å². The standard InChI is InChI=1S/C14H12BrN3OS/c15-14-18-8-12(20-14)13(19)16-6-5-9-7-17-11-4-2-1-3-10(9)11/h1-4,7-8,17H,5-6H2,(H,16,19). The van der Waals surface area contributed by atoms with Crippen molar-refractivity contribution < 1.29 is 4.79 Å². The molecule has 20 heavy (non-hydrogen) atoms. The first-order valence-corrected chi connectivity index (χ1v) is 7.79. The minimum Gasteiger partial charge on any atom is -0.361 e. The number of carbonyl (C=O) groups is 1. The Morgan fingerprint density at radius 1 is 1.40 bits per heavy atom. The number of benzene rings is 1. The van der Waals surface area contributed by atoms with E-state index in [4.69, 9.17) is 0 Å². The van der Waals surface area contributed by atoms with Crippen molar-refractivity contribution in [2.45, 2.75) is 6.42 Å². The summed E-state index contributed by atoms with van der Waals surface area (Å²) in [5.74, 6) is -0.0759. The molecule has 0 aliphatic carbocycles. The molecule has 3 rings (SSSR count). The number of halogens is 1. The first kappa shape index (κ1) is 13.3. The number of H-pyrrole nitrogens is 1. The predicted molar refractivity (Wildman–Crippen MR) is 84.1 cm³/mol. The summed E-state index contributed by atoms with van der Waals surface area (Å²) in [6, 6.07) is 8.16. The highest BCUT2D eigenvalue weighted by Crippen LogP contribution is 2.19. The number of aromatic amines is 1. The second-order valence-electron chi connectivity index (χ2n) is 4.34. The molecular formula is C14H12BrN3OS. The number of para-hydroxylation sites is 1. The van der Waals surface area contributed by atoms with E-state index in [1.165, 1.54) is 22.3 Å². The summed E-state index contributed by atoms with van der Waals surface area (Å²) in [5.41, 5.74) is 2.34. The van der Waals surface area contributed by atoms with Crippen LogP contribution in [0.1, 0.15) is 15.2 Å². The normalized spacial score (nSPS) is 10.8. The maximum Gasteiger partial charge on any atom is 0.263 e. The van der Waals surface area contributed by atoms with Gasteiger partial charge >= 0.3 is 0 Å². The summed E-state index contributed by atoms with van der Waals surface area (Å²) in [6.45, 7) is 0.607. The second-order valence-corrected chi connectivity index (χ2v) is 6.65. The number of aromatic nitrogens is 2. The average molecular weight is 350 g/mol. The minimum atomic E-state index is -0.0759. The zero-order valence-corrected chi connectivity index (χ0v) is 12.9. The number of nitrogens with zero attached hydrogens (tertiary/aromatic N) is 1. The first-order chi connectivity index (χ1) is 9.74. The fourth-order valence-corrected chi connectivity index (χ4v) is 3.28. The molecule has 0 spiro atoms. The van der Waals surface area contributed by atoms with Crippen LogP contribution in [-0.4, -0.2) is 22.4 Å². The van der Waals surface area contributed by atoms with Crippen molar-refractivity contribution in [3.63, 3.8) is 0 Å². The fourth-order valence-electron chi connectivity index (χ4n) is 2.09. The fraction of sp³-hybridized carbons (Fsp3) is 0.143. The van der Waals surface area contributed by atoms with Crippen LogP contribution in [-0.2, 0) is 6.42 Å². The molecule has 0 bridgehead atoms. The number of fused-ring (bicyclic) bond motifs is 1. The molecule has 0 saturated heterocycles. The highest BCUT2D eigenvalue weighted by atomic mass is 79.9. The van der Waals surface area contributed by atoms with Crippen LogP contribution < -0.4 is 5.32 Å². The molecule has 4 nitrogen and oxygen atoms in total. The summed E-state index contributed by atoms with van der Waals surface area (Å²) >= 11 is 4.58. The van der Waals surface area contributed by atoms with Crippen molar-refractivity contribution in [1.29, 1.82) is 0 Å². The molecule has 0 aliphatic heterocycles. The lowest BCUT2D eigenvalue weighted by atomic mass is 10.1. The molecule has 0 saturated carbocycles. The number of carbonyl (C=O) groups excluding carboxylic acids is 1. The van der Waals surface area contributed by atoms with Gasteiger partial charge in [0.1, 0.15) is 4.88 Å². The zero-order chi connectivity index (χ0) is 13.9. The van der Waals surface area contributed by atoms with E-state index in [2.05, 4.69) is 37.3 Å². The van der Waals surface area contributed by atoms with Crippen LogP contribution in [0.4, 0.5) is 0 Å². The Morgan fingerprint density at radius 3 is 3.05 bits per heavy atom. The third kappa shape index (κ3) is 2.76. The monoisotopic (exact) mass is 349 g/mol. The highest BCUT2D eigenvalue weighted by Gasteiger charge is 2.09. The molecule has 0 unspecified atom stereocenters. The Kier molecular flexibility index (Phi) is 3.84. The number of hydrogen-bond acceptors (Lipinski definition) is 3. The van der Waals surface area contributed by atoms with Gasteiger partial charge in [0.05, 0.1) is 6.20 Å². The maximum absolute atomic E-state index is 11.9. The van der Waals surface area contributed by atoms with Gasteiger partial charge in [0, 0.05) is 23.6 Å². The van der Waals surface area contributed by atoms with Crippen molar-refractivity contribution in [3.05, 3.63) is 51.0 Å². The van der Waals surface area contributed by atoms with E-state index in [1.807, 2.05) is 24.4 Å². The highest BCUT2D eigenvalue weighted by molar-refractivity contribution is 9.11. The van der Waals surface area contributed by atoms with Gasteiger partial charge in [0.2, 0.25) is 0 Å². The molecule has 1 aromatic carbocycles. The number of amides is 1. The summed E-state index contributed by atoms with van der Waals surface area (Å²) in [6.07, 6.45) is 4.38. The van der Waals surface area contributed by atoms with Gasteiger partial charge in [-0.3, -0.25) is 4.79 Å². The van der Waals surface area contributed by atoms with Gasteiger partial charge in [-0.25, -0.2) is 4.98 Å². The minimum absolute atomic E-state index is 0.0759. The average Bonchev–Trinajstić information content (AvgIpc) is 3.06. The number of nitrogens with one attached hydrogen (secondary N) is 2. The first-order valence-electron chi connectivity index (χ1n) is 6.18. The van der Waals surface area contributed by atoms with Crippen molar-refractivity contribution in [3.8, 4) is 0 Å². The quantitative estimate of drug-likeness (QED) is 0.758. The largest absolute Gasteiger partial charge is 0.361 e. The van der Waals surface area contributed by atoms with Crippen LogP contribution in [0.3, 0.4) is 0 Å². The number of rotatable bonds is 4. The van der Waals surface area contributed by atoms with Gasteiger partial charge in [-0.15, -0.1) is 11.3 Å². The van der Waals surface area contributed by atoms with Gasteiger partial charge in [-0.1, -0.05) is 18.2 Å². The van der Waals surface area contributed by atoms with Crippen LogP contribution in [0.15, 0.2) is 40.6 Å². The van der Waals surface area contributed by atoms with E-state index >= 15 is 0 Å². The number of hydrogen-bond donors (Lipinski definition) is 2. The van der Waals surface area contributed by atoms with E-state index in [-0.39, 0.29) is 5.91 Å². The lowest BCUT2D eigenvalue weighted by Crippen LogP contribution is -2.24. The molecule has 0 atom stereocenters. The lowest BCUT2D eigenvalue weighted by molar-refractivity contribution is 0.0958. The van der Waals surface area contributed by atoms with Crippen molar-refractivity contribution in [2.75, 3.05) is 6.54 Å². The predicted octanol–water partition coefficient (Wildman–Crippen LogP) is 3.36. The molecule has 3 aromatic rings. The molecule has 6 heteroatoms. The molecule has 0 fully saturated rings. The van der Waals surface area contributed by atoms with Gasteiger partial charge in [-0.2, -0.15) is 0 Å². The summed E-state index contributed by atoms with van der Waals surface area (Å²) in [5, 5.41) is 4.12. The lowest BCUT2D eigenvalue weighted by Gasteiger charge is -2.02. The molecule has 102 valence electrons. The maximum atomic E-state index is 11.9. The Bertz CT molecular complexity index is 750. The molecule has 0 radical (unpaired) electrons. The SMILES string of the molecule is O=C(NCCc1c[nH]c2ccccc12)c1cnc(Br)s1. The van der Waals surface area contributed by atoms with Crippen LogP contribution >= 0.6 is 27.3 Å². The zero-order valence-electron chi connectivity index (χ0n) is 10.5. The third-order valence-electron chi connectivity index (χ3n) is 3.06. The number of thiazole rings is 1. The Morgan fingerprint density at radius 2 is 2.25 bits per heavy atom. The summed E-state index contributed by atoms with van der Waals surface area (Å²) < 4.78 is 0.722. The van der Waals surface area contributed by atoms with E-state index in [1.54, 1.807) is 6.20 Å². The Hall–Kier alpha value is -1.66. The van der Waals surface area contributed by atoms with E-state index in [0.717, 1.165) is 15.9 Å².